The van der Waals surface area contributed by atoms with Gasteiger partial charge < -0.3 is 15.3 Å². The van der Waals surface area contributed by atoms with Gasteiger partial charge in [-0.2, -0.15) is 0 Å². The van der Waals surface area contributed by atoms with Crippen molar-refractivity contribution < 1.29 is 18.7 Å². The van der Waals surface area contributed by atoms with Crippen LogP contribution in [0.2, 0.25) is 5.02 Å². The van der Waals surface area contributed by atoms with Gasteiger partial charge in [0.15, 0.2) is 0 Å². The molecule has 0 spiro atoms. The van der Waals surface area contributed by atoms with Crippen LogP contribution in [-0.2, 0) is 6.42 Å². The summed E-state index contributed by atoms with van der Waals surface area (Å²) in [4.78, 5) is 12.3. The van der Waals surface area contributed by atoms with Crippen molar-refractivity contribution >= 4 is 17.7 Å². The minimum Gasteiger partial charge on any atom is -0.465 e. The average molecular weight is 321 g/mol. The molecular formula is C14H19ClF2N2O2. The van der Waals surface area contributed by atoms with Gasteiger partial charge in [0.2, 0.25) is 6.43 Å². The van der Waals surface area contributed by atoms with E-state index < -0.39 is 12.5 Å². The molecule has 0 aliphatic heterocycles. The van der Waals surface area contributed by atoms with Crippen LogP contribution in [-0.4, -0.2) is 48.7 Å². The zero-order valence-electron chi connectivity index (χ0n) is 11.7. The molecule has 1 aromatic rings. The van der Waals surface area contributed by atoms with E-state index in [1.165, 1.54) is 11.9 Å². The molecule has 1 aromatic carbocycles. The molecule has 0 heterocycles. The van der Waals surface area contributed by atoms with Gasteiger partial charge in [0.1, 0.15) is 0 Å². The number of rotatable bonds is 8. The third-order valence-electron chi connectivity index (χ3n) is 3.15. The van der Waals surface area contributed by atoms with Crippen molar-refractivity contribution in [2.75, 3.05) is 20.1 Å². The lowest BCUT2D eigenvalue weighted by Crippen LogP contribution is -2.44. The van der Waals surface area contributed by atoms with Crippen molar-refractivity contribution in [1.82, 2.24) is 10.2 Å². The zero-order valence-corrected chi connectivity index (χ0v) is 12.5. The minimum atomic E-state index is -2.36. The van der Waals surface area contributed by atoms with E-state index in [0.29, 0.717) is 18.0 Å². The average Bonchev–Trinajstić information content (AvgIpc) is 2.43. The number of nitrogens with zero attached hydrogens (tertiary/aromatic N) is 1. The van der Waals surface area contributed by atoms with E-state index in [-0.39, 0.29) is 19.0 Å². The Morgan fingerprint density at radius 2 is 2.00 bits per heavy atom. The van der Waals surface area contributed by atoms with E-state index in [1.807, 2.05) is 12.1 Å². The number of amides is 1. The van der Waals surface area contributed by atoms with E-state index in [9.17, 15) is 13.6 Å². The fourth-order valence-electron chi connectivity index (χ4n) is 1.87. The third kappa shape index (κ3) is 6.73. The summed E-state index contributed by atoms with van der Waals surface area (Å²) in [5, 5.41) is 12.6. The van der Waals surface area contributed by atoms with Gasteiger partial charge in [-0.15, -0.1) is 0 Å². The van der Waals surface area contributed by atoms with E-state index in [0.717, 1.165) is 5.56 Å². The van der Waals surface area contributed by atoms with Crippen molar-refractivity contribution in [2.24, 2.45) is 0 Å². The molecule has 0 fully saturated rings. The summed E-state index contributed by atoms with van der Waals surface area (Å²) < 4.78 is 24.1. The number of hydrogen-bond acceptors (Lipinski definition) is 2. The lowest BCUT2D eigenvalue weighted by atomic mass is 10.1. The van der Waals surface area contributed by atoms with Crippen molar-refractivity contribution in [3.05, 3.63) is 34.9 Å². The Labute approximate surface area is 127 Å². The smallest absolute Gasteiger partial charge is 0.407 e. The fraction of sp³-hybridized carbons (Fsp3) is 0.500. The van der Waals surface area contributed by atoms with Gasteiger partial charge in [-0.25, -0.2) is 13.6 Å². The second-order valence-corrected chi connectivity index (χ2v) is 5.20. The Kier molecular flexibility index (Phi) is 7.39. The third-order valence-corrected chi connectivity index (χ3v) is 3.41. The fourth-order valence-corrected chi connectivity index (χ4v) is 2.00. The predicted octanol–water partition coefficient (Wildman–Crippen LogP) is 3.11. The van der Waals surface area contributed by atoms with E-state index in [2.05, 4.69) is 5.32 Å². The van der Waals surface area contributed by atoms with Gasteiger partial charge in [0.05, 0.1) is 6.04 Å². The molecule has 4 nitrogen and oxygen atoms in total. The van der Waals surface area contributed by atoms with Gasteiger partial charge in [-0.05, 0) is 24.1 Å². The first-order chi connectivity index (χ1) is 9.90. The molecule has 0 unspecified atom stereocenters. The molecule has 1 rings (SSSR count). The van der Waals surface area contributed by atoms with E-state index in [4.69, 9.17) is 16.7 Å². The summed E-state index contributed by atoms with van der Waals surface area (Å²) in [6.07, 6.45) is -3.17. The highest BCUT2D eigenvalue weighted by atomic mass is 35.5. The topological polar surface area (TPSA) is 52.6 Å². The molecule has 0 saturated heterocycles. The number of carboxylic acid groups (broad SMARTS) is 1. The summed E-state index contributed by atoms with van der Waals surface area (Å²) >= 11 is 5.81. The van der Waals surface area contributed by atoms with Crippen LogP contribution in [0.1, 0.15) is 12.0 Å². The lowest BCUT2D eigenvalue weighted by Gasteiger charge is -2.26. The summed E-state index contributed by atoms with van der Waals surface area (Å²) in [6.45, 7) is 0.473. The number of alkyl halides is 2. The molecule has 7 heteroatoms. The maximum Gasteiger partial charge on any atom is 0.407 e. The highest BCUT2D eigenvalue weighted by Gasteiger charge is 2.19. The molecule has 0 aliphatic rings. The standard InChI is InChI=1S/C14H19ClF2N2O2/c1-19(14(20)21)12(9-18-7-6-13(16)17)8-10-2-4-11(15)5-3-10/h2-5,12-13,18H,6-9H2,1H3,(H,20,21)/t12-/m1/s1. The Balaban J connectivity index is 2.59. The Morgan fingerprint density at radius 3 is 2.52 bits per heavy atom. The highest BCUT2D eigenvalue weighted by Crippen LogP contribution is 2.13. The number of likely N-dealkylation sites (N-methyl/N-ethyl adjacent to an activating group) is 1. The molecular weight excluding hydrogens is 302 g/mol. The predicted molar refractivity (Wildman–Crippen MR) is 78.2 cm³/mol. The molecule has 1 atom stereocenters. The van der Waals surface area contributed by atoms with Crippen molar-refractivity contribution in [2.45, 2.75) is 25.3 Å². The second-order valence-electron chi connectivity index (χ2n) is 4.76. The van der Waals surface area contributed by atoms with Crippen LogP contribution in [0.15, 0.2) is 24.3 Å². The molecule has 0 aliphatic carbocycles. The first kappa shape index (κ1) is 17.7. The van der Waals surface area contributed by atoms with Gasteiger partial charge in [0, 0.05) is 31.6 Å². The van der Waals surface area contributed by atoms with Crippen LogP contribution >= 0.6 is 11.6 Å². The molecule has 0 radical (unpaired) electrons. The lowest BCUT2D eigenvalue weighted by molar-refractivity contribution is 0.129. The minimum absolute atomic E-state index is 0.155. The molecule has 0 saturated carbocycles. The van der Waals surface area contributed by atoms with Crippen LogP contribution in [0, 0.1) is 0 Å². The van der Waals surface area contributed by atoms with E-state index >= 15 is 0 Å². The molecule has 21 heavy (non-hydrogen) atoms. The van der Waals surface area contributed by atoms with Crippen LogP contribution in [0.3, 0.4) is 0 Å². The SMILES string of the molecule is CN(C(=O)O)[C@@H](CNCCC(F)F)Cc1ccc(Cl)cc1. The Morgan fingerprint density at radius 1 is 1.38 bits per heavy atom. The zero-order chi connectivity index (χ0) is 15.8. The molecule has 118 valence electrons. The quantitative estimate of drug-likeness (QED) is 0.724. The Hall–Kier alpha value is -1.40. The van der Waals surface area contributed by atoms with Crippen molar-refractivity contribution in [3.8, 4) is 0 Å². The van der Waals surface area contributed by atoms with Crippen LogP contribution in [0.4, 0.5) is 13.6 Å². The number of halogens is 3. The summed E-state index contributed by atoms with van der Waals surface area (Å²) in [5.74, 6) is 0. The maximum absolute atomic E-state index is 12.1. The van der Waals surface area contributed by atoms with Crippen LogP contribution in [0.5, 0.6) is 0 Å². The number of benzene rings is 1. The van der Waals surface area contributed by atoms with Gasteiger partial charge >= 0.3 is 6.09 Å². The second kappa shape index (κ2) is 8.79. The van der Waals surface area contributed by atoms with Crippen LogP contribution in [0.25, 0.3) is 0 Å². The largest absolute Gasteiger partial charge is 0.465 e. The number of carbonyl (C=O) groups is 1. The maximum atomic E-state index is 12.1. The summed E-state index contributed by atoms with van der Waals surface area (Å²) in [5.41, 5.74) is 0.938. The van der Waals surface area contributed by atoms with Crippen molar-refractivity contribution in [3.63, 3.8) is 0 Å². The monoisotopic (exact) mass is 320 g/mol. The number of hydrogen-bond donors (Lipinski definition) is 2. The highest BCUT2D eigenvalue weighted by molar-refractivity contribution is 6.30. The molecule has 0 bridgehead atoms. The number of nitrogens with one attached hydrogen (secondary N) is 1. The summed E-state index contributed by atoms with van der Waals surface area (Å²) in [7, 11) is 1.47. The van der Waals surface area contributed by atoms with Gasteiger partial charge in [-0.1, -0.05) is 23.7 Å². The summed E-state index contributed by atoms with van der Waals surface area (Å²) in [6, 6.07) is 6.79. The normalized spacial score (nSPS) is 12.4. The molecule has 2 N–H and O–H groups in total. The van der Waals surface area contributed by atoms with Gasteiger partial charge in [0.25, 0.3) is 0 Å². The Bertz CT molecular complexity index is 443. The molecule has 0 aromatic heterocycles. The first-order valence-electron chi connectivity index (χ1n) is 6.59. The van der Waals surface area contributed by atoms with Crippen molar-refractivity contribution in [1.29, 1.82) is 0 Å². The molecule has 1 amide bonds. The van der Waals surface area contributed by atoms with Gasteiger partial charge in [-0.3, -0.25) is 0 Å². The first-order valence-corrected chi connectivity index (χ1v) is 6.97. The van der Waals surface area contributed by atoms with Crippen LogP contribution < -0.4 is 5.32 Å². The van der Waals surface area contributed by atoms with E-state index in [1.54, 1.807) is 12.1 Å².